The van der Waals surface area contributed by atoms with Gasteiger partial charge in [-0.15, -0.1) is 0 Å². The van der Waals surface area contributed by atoms with Gasteiger partial charge in [-0.25, -0.2) is 4.39 Å². The van der Waals surface area contributed by atoms with Gasteiger partial charge in [-0.2, -0.15) is 0 Å². The molecule has 0 radical (unpaired) electrons. The topological polar surface area (TPSA) is 26.0 Å². The van der Waals surface area contributed by atoms with Gasteiger partial charge >= 0.3 is 0 Å². The smallest absolute Gasteiger partial charge is 0.123 e. The molecule has 0 aliphatic carbocycles. The summed E-state index contributed by atoms with van der Waals surface area (Å²) in [4.78, 5) is 0. The minimum Gasteiger partial charge on any atom is -0.323 e. The number of hydrogen-bond donors (Lipinski definition) is 1. The highest BCUT2D eigenvalue weighted by atomic mass is 19.1. The lowest BCUT2D eigenvalue weighted by molar-refractivity contribution is 0.420. The summed E-state index contributed by atoms with van der Waals surface area (Å²) in [5.74, 6) is -0.219. The Hall–Kier alpha value is -1.67. The zero-order chi connectivity index (χ0) is 14.0. The molecule has 19 heavy (non-hydrogen) atoms. The first-order chi connectivity index (χ1) is 8.91. The van der Waals surface area contributed by atoms with E-state index < -0.39 is 0 Å². The van der Waals surface area contributed by atoms with E-state index in [4.69, 9.17) is 5.73 Å². The van der Waals surface area contributed by atoms with Crippen molar-refractivity contribution in [1.82, 2.24) is 0 Å². The largest absolute Gasteiger partial charge is 0.323 e. The van der Waals surface area contributed by atoms with Crippen LogP contribution in [0.2, 0.25) is 0 Å². The van der Waals surface area contributed by atoms with Crippen molar-refractivity contribution in [2.45, 2.75) is 32.2 Å². The number of benzene rings is 2. The molecule has 0 saturated heterocycles. The third-order valence-electron chi connectivity index (χ3n) is 3.77. The van der Waals surface area contributed by atoms with E-state index in [0.29, 0.717) is 0 Å². The lowest BCUT2D eigenvalue weighted by Crippen LogP contribution is -2.33. The highest BCUT2D eigenvalue weighted by molar-refractivity contribution is 5.33. The summed E-state index contributed by atoms with van der Waals surface area (Å²) in [7, 11) is 0. The Morgan fingerprint density at radius 2 is 1.68 bits per heavy atom. The van der Waals surface area contributed by atoms with Gasteiger partial charge in [-0.05, 0) is 30.2 Å². The van der Waals surface area contributed by atoms with Gasteiger partial charge in [-0.1, -0.05) is 55.8 Å². The molecule has 0 saturated carbocycles. The average Bonchev–Trinajstić information content (AvgIpc) is 2.38. The summed E-state index contributed by atoms with van der Waals surface area (Å²) >= 11 is 0. The Morgan fingerprint density at radius 1 is 1.05 bits per heavy atom. The summed E-state index contributed by atoms with van der Waals surface area (Å²) < 4.78 is 13.0. The van der Waals surface area contributed by atoms with Crippen LogP contribution in [-0.4, -0.2) is 0 Å². The lowest BCUT2D eigenvalue weighted by Gasteiger charge is -2.32. The molecule has 0 amide bonds. The summed E-state index contributed by atoms with van der Waals surface area (Å²) in [6.07, 6.45) is 0. The van der Waals surface area contributed by atoms with Crippen molar-refractivity contribution in [3.8, 4) is 0 Å². The summed E-state index contributed by atoms with van der Waals surface area (Å²) in [5, 5.41) is 0. The fourth-order valence-electron chi connectivity index (χ4n) is 2.34. The zero-order valence-corrected chi connectivity index (χ0v) is 11.7. The Labute approximate surface area is 114 Å². The van der Waals surface area contributed by atoms with Gasteiger partial charge in [0.15, 0.2) is 0 Å². The van der Waals surface area contributed by atoms with E-state index in [1.54, 1.807) is 0 Å². The van der Waals surface area contributed by atoms with Crippen molar-refractivity contribution < 1.29 is 4.39 Å². The highest BCUT2D eigenvalue weighted by Gasteiger charge is 2.29. The maximum Gasteiger partial charge on any atom is 0.123 e. The summed E-state index contributed by atoms with van der Waals surface area (Å²) in [5.41, 5.74) is 9.52. The van der Waals surface area contributed by atoms with Gasteiger partial charge in [-0.3, -0.25) is 0 Å². The van der Waals surface area contributed by atoms with Gasteiger partial charge in [0.2, 0.25) is 0 Å². The van der Waals surface area contributed by atoms with Crippen LogP contribution in [0.15, 0.2) is 48.5 Å². The maximum atomic E-state index is 13.0. The van der Waals surface area contributed by atoms with Gasteiger partial charge in [0.25, 0.3) is 0 Å². The van der Waals surface area contributed by atoms with Crippen molar-refractivity contribution in [3.63, 3.8) is 0 Å². The molecule has 0 aliphatic rings. The summed E-state index contributed by atoms with van der Waals surface area (Å²) in [6, 6.07) is 14.7. The molecule has 0 bridgehead atoms. The van der Waals surface area contributed by atoms with Crippen LogP contribution < -0.4 is 5.73 Å². The first-order valence-electron chi connectivity index (χ1n) is 6.49. The van der Waals surface area contributed by atoms with Crippen LogP contribution in [0.4, 0.5) is 4.39 Å². The Bertz CT molecular complexity index is 558. The fraction of sp³-hybridized carbons (Fsp3) is 0.294. The van der Waals surface area contributed by atoms with Crippen LogP contribution in [-0.2, 0) is 5.41 Å². The molecule has 0 heterocycles. The quantitative estimate of drug-likeness (QED) is 0.879. The van der Waals surface area contributed by atoms with Crippen molar-refractivity contribution in [2.24, 2.45) is 5.73 Å². The SMILES string of the molecule is Cc1cccc(C(N)C(C)(C)c2ccc(F)cc2)c1. The van der Waals surface area contributed by atoms with E-state index in [-0.39, 0.29) is 17.3 Å². The number of hydrogen-bond acceptors (Lipinski definition) is 1. The molecule has 1 unspecified atom stereocenters. The lowest BCUT2D eigenvalue weighted by atomic mass is 9.75. The monoisotopic (exact) mass is 257 g/mol. The second-order valence-electron chi connectivity index (χ2n) is 5.62. The predicted octanol–water partition coefficient (Wildman–Crippen LogP) is 4.11. The highest BCUT2D eigenvalue weighted by Crippen LogP contribution is 2.35. The molecule has 2 heteroatoms. The second-order valence-corrected chi connectivity index (χ2v) is 5.62. The second kappa shape index (κ2) is 5.14. The van der Waals surface area contributed by atoms with Crippen molar-refractivity contribution >= 4 is 0 Å². The fourth-order valence-corrected chi connectivity index (χ4v) is 2.34. The van der Waals surface area contributed by atoms with Crippen LogP contribution >= 0.6 is 0 Å². The molecular weight excluding hydrogens is 237 g/mol. The third-order valence-corrected chi connectivity index (χ3v) is 3.77. The summed E-state index contributed by atoms with van der Waals surface area (Å²) in [6.45, 7) is 6.24. The van der Waals surface area contributed by atoms with Crippen LogP contribution in [0, 0.1) is 12.7 Å². The number of rotatable bonds is 3. The van der Waals surface area contributed by atoms with Gasteiger partial charge < -0.3 is 5.73 Å². The molecule has 0 spiro atoms. The van der Waals surface area contributed by atoms with E-state index in [2.05, 4.69) is 32.9 Å². The third kappa shape index (κ3) is 2.85. The number of halogens is 1. The molecule has 1 atom stereocenters. The van der Waals surface area contributed by atoms with E-state index >= 15 is 0 Å². The minimum atomic E-state index is -0.249. The molecule has 2 aromatic carbocycles. The molecule has 2 N–H and O–H groups in total. The number of nitrogens with two attached hydrogens (primary N) is 1. The number of aryl methyl sites for hydroxylation is 1. The van der Waals surface area contributed by atoms with Crippen molar-refractivity contribution in [3.05, 3.63) is 71.0 Å². The molecule has 2 aromatic rings. The molecule has 0 aliphatic heterocycles. The van der Waals surface area contributed by atoms with Gasteiger partial charge in [0.05, 0.1) is 0 Å². The van der Waals surface area contributed by atoms with Crippen LogP contribution in [0.25, 0.3) is 0 Å². The molecule has 0 fully saturated rings. The average molecular weight is 257 g/mol. The van der Waals surface area contributed by atoms with Gasteiger partial charge in [0.1, 0.15) is 5.82 Å². The molecule has 2 rings (SSSR count). The van der Waals surface area contributed by atoms with E-state index in [1.165, 1.54) is 17.7 Å². The standard InChI is InChI=1S/C17H20FN/c1-12-5-4-6-13(11-12)16(19)17(2,3)14-7-9-15(18)10-8-14/h4-11,16H,19H2,1-3H3. The molecule has 0 aromatic heterocycles. The Morgan fingerprint density at radius 3 is 2.26 bits per heavy atom. The van der Waals surface area contributed by atoms with Crippen LogP contribution in [0.1, 0.15) is 36.6 Å². The molecular formula is C17H20FN. The van der Waals surface area contributed by atoms with Crippen LogP contribution in [0.5, 0.6) is 0 Å². The first-order valence-corrected chi connectivity index (χ1v) is 6.49. The van der Waals surface area contributed by atoms with Crippen molar-refractivity contribution in [1.29, 1.82) is 0 Å². The van der Waals surface area contributed by atoms with Crippen LogP contribution in [0.3, 0.4) is 0 Å². The normalized spacial score (nSPS) is 13.3. The Kier molecular flexibility index (Phi) is 3.72. The van der Waals surface area contributed by atoms with E-state index in [9.17, 15) is 4.39 Å². The molecule has 100 valence electrons. The van der Waals surface area contributed by atoms with E-state index in [0.717, 1.165) is 11.1 Å². The molecule has 1 nitrogen and oxygen atoms in total. The maximum absolute atomic E-state index is 13.0. The van der Waals surface area contributed by atoms with Gasteiger partial charge in [0, 0.05) is 11.5 Å². The first kappa shape index (κ1) is 13.8. The van der Waals surface area contributed by atoms with Crippen molar-refractivity contribution in [2.75, 3.05) is 0 Å². The predicted molar refractivity (Wildman–Crippen MR) is 77.5 cm³/mol. The minimum absolute atomic E-state index is 0.127. The Balaban J connectivity index is 2.35. The van der Waals surface area contributed by atoms with E-state index in [1.807, 2.05) is 24.3 Å². The zero-order valence-electron chi connectivity index (χ0n) is 11.7.